The van der Waals surface area contributed by atoms with Gasteiger partial charge in [-0.05, 0) is 30.4 Å². The Morgan fingerprint density at radius 3 is 2.65 bits per heavy atom. The standard InChI is InChI=1S/C16H25N3O3S/c1-14-5-9-18(10-6-14)16(20)7-11-19(23(2,21)22)13-15-4-3-8-17-12-15/h3-4,8,12,14H,5-7,9-11,13H2,1-2H3. The Bertz CT molecular complexity index is 611. The Kier molecular flexibility index (Phi) is 6.12. The van der Waals surface area contributed by atoms with Crippen LogP contribution in [0.4, 0.5) is 0 Å². The average Bonchev–Trinajstić information content (AvgIpc) is 2.51. The highest BCUT2D eigenvalue weighted by Gasteiger charge is 2.23. The predicted octanol–water partition coefficient (Wildman–Crippen LogP) is 1.49. The smallest absolute Gasteiger partial charge is 0.223 e. The maximum absolute atomic E-state index is 12.3. The van der Waals surface area contributed by atoms with Crippen LogP contribution in [0.15, 0.2) is 24.5 Å². The summed E-state index contributed by atoms with van der Waals surface area (Å²) in [5.41, 5.74) is 0.817. The molecule has 0 aromatic carbocycles. The van der Waals surface area contributed by atoms with Crippen molar-refractivity contribution in [3.63, 3.8) is 0 Å². The fourth-order valence-electron chi connectivity index (χ4n) is 2.69. The van der Waals surface area contributed by atoms with E-state index in [1.165, 1.54) is 10.6 Å². The normalized spacial score (nSPS) is 16.7. The summed E-state index contributed by atoms with van der Waals surface area (Å²) in [5, 5.41) is 0. The van der Waals surface area contributed by atoms with Crippen LogP contribution < -0.4 is 0 Å². The summed E-state index contributed by atoms with van der Waals surface area (Å²) in [7, 11) is -3.36. The maximum Gasteiger partial charge on any atom is 0.223 e. The molecule has 128 valence electrons. The maximum atomic E-state index is 12.3. The second-order valence-corrected chi connectivity index (χ2v) is 8.25. The van der Waals surface area contributed by atoms with Crippen molar-refractivity contribution in [3.05, 3.63) is 30.1 Å². The van der Waals surface area contributed by atoms with Crippen LogP contribution >= 0.6 is 0 Å². The zero-order chi connectivity index (χ0) is 16.9. The second kappa shape index (κ2) is 7.88. The van der Waals surface area contributed by atoms with Gasteiger partial charge in [-0.25, -0.2) is 8.42 Å². The van der Waals surface area contributed by atoms with Gasteiger partial charge in [0.05, 0.1) is 6.26 Å². The molecule has 2 rings (SSSR count). The van der Waals surface area contributed by atoms with Gasteiger partial charge in [0.2, 0.25) is 15.9 Å². The van der Waals surface area contributed by atoms with Gasteiger partial charge in [-0.2, -0.15) is 4.31 Å². The summed E-state index contributed by atoms with van der Waals surface area (Å²) in [6, 6.07) is 3.61. The molecule has 2 heterocycles. The number of likely N-dealkylation sites (tertiary alicyclic amines) is 1. The summed E-state index contributed by atoms with van der Waals surface area (Å²) in [6.07, 6.45) is 6.74. The summed E-state index contributed by atoms with van der Waals surface area (Å²) < 4.78 is 25.2. The highest BCUT2D eigenvalue weighted by atomic mass is 32.2. The summed E-state index contributed by atoms with van der Waals surface area (Å²) in [4.78, 5) is 18.1. The number of nitrogens with zero attached hydrogens (tertiary/aromatic N) is 3. The molecular weight excluding hydrogens is 314 g/mol. The van der Waals surface area contributed by atoms with Gasteiger partial charge in [0.1, 0.15) is 0 Å². The van der Waals surface area contributed by atoms with Gasteiger partial charge in [-0.1, -0.05) is 13.0 Å². The lowest BCUT2D eigenvalue weighted by Crippen LogP contribution is -2.40. The lowest BCUT2D eigenvalue weighted by atomic mass is 9.99. The third-order valence-electron chi connectivity index (χ3n) is 4.26. The molecule has 0 aliphatic carbocycles. The van der Waals surface area contributed by atoms with Gasteiger partial charge in [-0.15, -0.1) is 0 Å². The molecule has 1 amide bonds. The minimum absolute atomic E-state index is 0.0386. The zero-order valence-corrected chi connectivity index (χ0v) is 14.6. The molecule has 1 saturated heterocycles. The van der Waals surface area contributed by atoms with Gasteiger partial charge >= 0.3 is 0 Å². The van der Waals surface area contributed by atoms with E-state index in [1.54, 1.807) is 18.5 Å². The topological polar surface area (TPSA) is 70.6 Å². The molecule has 1 aliphatic heterocycles. The van der Waals surface area contributed by atoms with Crippen molar-refractivity contribution < 1.29 is 13.2 Å². The molecule has 1 aromatic rings. The molecule has 23 heavy (non-hydrogen) atoms. The van der Waals surface area contributed by atoms with Gasteiger partial charge in [-0.3, -0.25) is 9.78 Å². The molecule has 0 unspecified atom stereocenters. The molecule has 0 atom stereocenters. The van der Waals surface area contributed by atoms with Crippen LogP contribution in [0.25, 0.3) is 0 Å². The van der Waals surface area contributed by atoms with E-state index >= 15 is 0 Å². The van der Waals surface area contributed by atoms with E-state index in [0.29, 0.717) is 5.92 Å². The van der Waals surface area contributed by atoms with Crippen LogP contribution in [0.3, 0.4) is 0 Å². The third kappa shape index (κ3) is 5.58. The van der Waals surface area contributed by atoms with Gasteiger partial charge in [0, 0.05) is 45.0 Å². The van der Waals surface area contributed by atoms with E-state index in [9.17, 15) is 13.2 Å². The number of rotatable bonds is 6. The van der Waals surface area contributed by atoms with E-state index in [1.807, 2.05) is 11.0 Å². The largest absolute Gasteiger partial charge is 0.343 e. The Labute approximate surface area is 138 Å². The molecule has 0 radical (unpaired) electrons. The summed E-state index contributed by atoms with van der Waals surface area (Å²) in [6.45, 7) is 4.21. The number of aromatic nitrogens is 1. The first-order valence-corrected chi connectivity index (χ1v) is 9.83. The fourth-order valence-corrected chi connectivity index (χ4v) is 3.50. The Morgan fingerprint density at radius 2 is 2.09 bits per heavy atom. The third-order valence-corrected chi connectivity index (χ3v) is 5.51. The van der Waals surface area contributed by atoms with Gasteiger partial charge < -0.3 is 4.90 Å². The number of carbonyl (C=O) groups excluding carboxylic acids is 1. The average molecular weight is 339 g/mol. The highest BCUT2D eigenvalue weighted by Crippen LogP contribution is 2.17. The fraction of sp³-hybridized carbons (Fsp3) is 0.625. The molecule has 0 bridgehead atoms. The predicted molar refractivity (Wildman–Crippen MR) is 89.1 cm³/mol. The first kappa shape index (κ1) is 17.9. The molecule has 6 nitrogen and oxygen atoms in total. The van der Waals surface area contributed by atoms with Crippen molar-refractivity contribution in [2.45, 2.75) is 32.7 Å². The molecule has 0 N–H and O–H groups in total. The minimum Gasteiger partial charge on any atom is -0.343 e. The van der Waals surface area contributed by atoms with E-state index in [0.717, 1.165) is 31.5 Å². The van der Waals surface area contributed by atoms with E-state index < -0.39 is 10.0 Å². The molecule has 1 fully saturated rings. The first-order chi connectivity index (χ1) is 10.9. The van der Waals surface area contributed by atoms with Crippen molar-refractivity contribution >= 4 is 15.9 Å². The van der Waals surface area contributed by atoms with Gasteiger partial charge in [0.15, 0.2) is 0 Å². The van der Waals surface area contributed by atoms with Crippen LogP contribution in [0.5, 0.6) is 0 Å². The number of pyridine rings is 1. The minimum atomic E-state index is -3.36. The Hall–Kier alpha value is -1.47. The lowest BCUT2D eigenvalue weighted by molar-refractivity contribution is -0.132. The van der Waals surface area contributed by atoms with E-state index in [4.69, 9.17) is 0 Å². The van der Waals surface area contributed by atoms with Crippen LogP contribution in [-0.2, 0) is 21.4 Å². The Morgan fingerprint density at radius 1 is 1.39 bits per heavy atom. The van der Waals surface area contributed by atoms with Crippen molar-refractivity contribution in [2.75, 3.05) is 25.9 Å². The number of sulfonamides is 1. The lowest BCUT2D eigenvalue weighted by Gasteiger charge is -2.31. The van der Waals surface area contributed by atoms with Crippen molar-refractivity contribution in [3.8, 4) is 0 Å². The molecule has 0 saturated carbocycles. The second-order valence-electron chi connectivity index (χ2n) is 6.27. The summed E-state index contributed by atoms with van der Waals surface area (Å²) in [5.74, 6) is 0.703. The van der Waals surface area contributed by atoms with E-state index in [-0.39, 0.29) is 25.4 Å². The Balaban J connectivity index is 1.92. The number of carbonyl (C=O) groups is 1. The molecule has 1 aromatic heterocycles. The number of hydrogen-bond donors (Lipinski definition) is 0. The zero-order valence-electron chi connectivity index (χ0n) is 13.8. The molecule has 7 heteroatoms. The van der Waals surface area contributed by atoms with E-state index in [2.05, 4.69) is 11.9 Å². The number of hydrogen-bond acceptors (Lipinski definition) is 4. The highest BCUT2D eigenvalue weighted by molar-refractivity contribution is 7.88. The first-order valence-electron chi connectivity index (χ1n) is 7.98. The molecule has 0 spiro atoms. The molecule has 1 aliphatic rings. The van der Waals surface area contributed by atoms with Crippen LogP contribution in [-0.4, -0.2) is 54.4 Å². The number of piperidine rings is 1. The monoisotopic (exact) mass is 339 g/mol. The SMILES string of the molecule is CC1CCN(C(=O)CCN(Cc2cccnc2)S(C)(=O)=O)CC1. The van der Waals surface area contributed by atoms with Gasteiger partial charge in [0.25, 0.3) is 0 Å². The van der Waals surface area contributed by atoms with Crippen LogP contribution in [0.1, 0.15) is 31.7 Å². The van der Waals surface area contributed by atoms with Crippen molar-refractivity contribution in [2.24, 2.45) is 5.92 Å². The van der Waals surface area contributed by atoms with Crippen LogP contribution in [0.2, 0.25) is 0 Å². The summed E-state index contributed by atoms with van der Waals surface area (Å²) >= 11 is 0. The van der Waals surface area contributed by atoms with Crippen molar-refractivity contribution in [1.29, 1.82) is 0 Å². The quantitative estimate of drug-likeness (QED) is 0.787. The number of amides is 1. The van der Waals surface area contributed by atoms with Crippen LogP contribution in [0, 0.1) is 5.92 Å². The molecular formula is C16H25N3O3S. The van der Waals surface area contributed by atoms with Crippen molar-refractivity contribution in [1.82, 2.24) is 14.2 Å².